The Morgan fingerprint density at radius 1 is 1.29 bits per heavy atom. The Morgan fingerprint density at radius 3 is 2.00 bits per heavy atom. The summed E-state index contributed by atoms with van der Waals surface area (Å²) in [5.41, 5.74) is 0. The van der Waals surface area contributed by atoms with Crippen molar-refractivity contribution in [3.63, 3.8) is 0 Å². The van der Waals surface area contributed by atoms with Gasteiger partial charge in [-0.3, -0.25) is 0 Å². The molecule has 1 aromatic rings. The largest absolute Gasteiger partial charge is 0.521 e. The molecule has 1 aliphatic rings. The van der Waals surface area contributed by atoms with E-state index in [-0.39, 0.29) is 0 Å². The second kappa shape index (κ2) is 4.50. The molecule has 0 saturated heterocycles. The first-order valence-corrected chi connectivity index (χ1v) is 3.77. The molecule has 0 fully saturated rings. The van der Waals surface area contributed by atoms with E-state index in [9.17, 15) is 9.18 Å². The van der Waals surface area contributed by atoms with Crippen LogP contribution < -0.4 is 5.82 Å². The predicted octanol–water partition coefficient (Wildman–Crippen LogP) is 1.61. The molecule has 0 N–H and O–H groups in total. The third-order valence-corrected chi connectivity index (χ3v) is 1.48. The highest BCUT2D eigenvalue weighted by Gasteiger charge is 2.05. The van der Waals surface area contributed by atoms with Crippen molar-refractivity contribution in [2.24, 2.45) is 0 Å². The van der Waals surface area contributed by atoms with E-state index in [1.54, 1.807) is 0 Å². The molecule has 0 aliphatic carbocycles. The van der Waals surface area contributed by atoms with Gasteiger partial charge in [-0.25, -0.2) is 4.79 Å². The molecule has 0 spiro atoms. The summed E-state index contributed by atoms with van der Waals surface area (Å²) in [7, 11) is 0. The van der Waals surface area contributed by atoms with Crippen LogP contribution in [0.1, 0.15) is 13.8 Å². The van der Waals surface area contributed by atoms with Crippen molar-refractivity contribution in [1.82, 2.24) is 0 Å². The zero-order valence-corrected chi connectivity index (χ0v) is 7.70. The van der Waals surface area contributed by atoms with Crippen LogP contribution in [0, 0.1) is 6.01 Å². The van der Waals surface area contributed by atoms with Crippen LogP contribution in [0.4, 0.5) is 4.39 Å². The van der Waals surface area contributed by atoms with Gasteiger partial charge in [0, 0.05) is 0 Å². The highest BCUT2D eigenvalue weighted by molar-refractivity contribution is 4.97. The van der Waals surface area contributed by atoms with Crippen LogP contribution in [0.15, 0.2) is 31.4 Å². The van der Waals surface area contributed by atoms with E-state index in [2.05, 4.69) is 8.83 Å². The van der Waals surface area contributed by atoms with Gasteiger partial charge in [-0.05, 0) is 13.8 Å². The fourth-order valence-electron chi connectivity index (χ4n) is 0.632. The van der Waals surface area contributed by atoms with Gasteiger partial charge < -0.3 is 18.3 Å². The Kier molecular flexibility index (Phi) is 3.33. The lowest BCUT2D eigenvalue weighted by molar-refractivity contribution is 0.0724. The van der Waals surface area contributed by atoms with Crippen LogP contribution in [-0.4, -0.2) is 6.79 Å². The van der Waals surface area contributed by atoms with E-state index in [1.807, 2.05) is 13.8 Å². The molecule has 0 atom stereocenters. The molecular formula is C8H9FO5. The quantitative estimate of drug-likeness (QED) is 0.642. The number of hydrogen-bond acceptors (Lipinski definition) is 5. The standard InChI is InChI=1S/C5H8O2.C3HFO3/c1-4-5(2)7-3-6-4;4-2-1-6-3(5)7-2/h3H2,1-2H3;1H. The SMILES string of the molecule is CC1=C(C)OCO1.O=c1occ(F)o1. The maximum atomic E-state index is 11.5. The number of ether oxygens (including phenoxy) is 2. The molecule has 1 aliphatic heterocycles. The molecular weight excluding hydrogens is 195 g/mol. The first-order chi connectivity index (χ1) is 6.59. The van der Waals surface area contributed by atoms with Crippen molar-refractivity contribution in [1.29, 1.82) is 0 Å². The minimum Gasteiger partial charge on any atom is -0.459 e. The minimum absolute atomic E-state index is 0.400. The lowest BCUT2D eigenvalue weighted by Gasteiger charge is -1.87. The molecule has 78 valence electrons. The van der Waals surface area contributed by atoms with E-state index < -0.39 is 11.8 Å². The molecule has 0 saturated carbocycles. The molecule has 2 rings (SSSR count). The molecule has 0 aromatic carbocycles. The molecule has 0 bridgehead atoms. The van der Waals surface area contributed by atoms with Gasteiger partial charge in [0.05, 0.1) is 0 Å². The van der Waals surface area contributed by atoms with Crippen molar-refractivity contribution in [3.8, 4) is 0 Å². The first-order valence-electron chi connectivity index (χ1n) is 3.77. The number of allylic oxidation sites excluding steroid dienone is 2. The van der Waals surface area contributed by atoms with E-state index in [4.69, 9.17) is 9.47 Å². The molecule has 2 heterocycles. The van der Waals surface area contributed by atoms with E-state index in [1.165, 1.54) is 0 Å². The van der Waals surface area contributed by atoms with Gasteiger partial charge in [0.15, 0.2) is 6.26 Å². The Labute approximate surface area is 78.7 Å². The highest BCUT2D eigenvalue weighted by Crippen LogP contribution is 2.12. The first kappa shape index (κ1) is 10.4. The average molecular weight is 204 g/mol. The topological polar surface area (TPSA) is 61.8 Å². The van der Waals surface area contributed by atoms with E-state index >= 15 is 0 Å². The number of rotatable bonds is 0. The van der Waals surface area contributed by atoms with Crippen molar-refractivity contribution in [3.05, 3.63) is 34.4 Å². The maximum absolute atomic E-state index is 11.5. The molecule has 5 nitrogen and oxygen atoms in total. The summed E-state index contributed by atoms with van der Waals surface area (Å²) in [5, 5.41) is 0. The normalized spacial score (nSPS) is 14.2. The number of hydrogen-bond donors (Lipinski definition) is 0. The minimum atomic E-state index is -1.02. The summed E-state index contributed by atoms with van der Waals surface area (Å²) >= 11 is 0. The van der Waals surface area contributed by atoms with Crippen molar-refractivity contribution >= 4 is 0 Å². The average Bonchev–Trinajstić information content (AvgIpc) is 2.65. The predicted molar refractivity (Wildman–Crippen MR) is 42.6 cm³/mol. The smallest absolute Gasteiger partial charge is 0.459 e. The lowest BCUT2D eigenvalue weighted by atomic mass is 10.5. The molecule has 0 unspecified atom stereocenters. The zero-order valence-electron chi connectivity index (χ0n) is 7.70. The second-order valence-electron chi connectivity index (χ2n) is 2.41. The van der Waals surface area contributed by atoms with Gasteiger partial charge in [0.2, 0.25) is 6.79 Å². The van der Waals surface area contributed by atoms with E-state index in [0.29, 0.717) is 13.1 Å². The zero-order chi connectivity index (χ0) is 10.6. The van der Waals surface area contributed by atoms with Crippen LogP contribution in [0.5, 0.6) is 0 Å². The summed E-state index contributed by atoms with van der Waals surface area (Å²) in [6, 6.07) is -0.995. The maximum Gasteiger partial charge on any atom is 0.521 e. The summed E-state index contributed by atoms with van der Waals surface area (Å²) in [4.78, 5) is 9.72. The fourth-order valence-corrected chi connectivity index (χ4v) is 0.632. The van der Waals surface area contributed by atoms with Crippen LogP contribution in [0.25, 0.3) is 0 Å². The van der Waals surface area contributed by atoms with E-state index in [0.717, 1.165) is 11.5 Å². The summed E-state index contributed by atoms with van der Waals surface area (Å²) in [6.07, 6.45) is 0.600. The molecule has 14 heavy (non-hydrogen) atoms. The van der Waals surface area contributed by atoms with Gasteiger partial charge in [-0.1, -0.05) is 0 Å². The summed E-state index contributed by atoms with van der Waals surface area (Å²) in [6.45, 7) is 4.18. The Morgan fingerprint density at radius 2 is 1.86 bits per heavy atom. The third-order valence-electron chi connectivity index (χ3n) is 1.48. The van der Waals surface area contributed by atoms with Crippen molar-refractivity contribution in [2.75, 3.05) is 6.79 Å². The van der Waals surface area contributed by atoms with Crippen LogP contribution in [0.2, 0.25) is 0 Å². The van der Waals surface area contributed by atoms with Gasteiger partial charge in [-0.15, -0.1) is 0 Å². The second-order valence-corrected chi connectivity index (χ2v) is 2.41. The molecule has 0 radical (unpaired) electrons. The van der Waals surface area contributed by atoms with Gasteiger partial charge in [0.25, 0.3) is 0 Å². The molecule has 1 aromatic heterocycles. The Hall–Kier alpha value is -1.72. The van der Waals surface area contributed by atoms with Crippen LogP contribution >= 0.6 is 0 Å². The Balaban J connectivity index is 0.000000140. The summed E-state index contributed by atoms with van der Waals surface area (Å²) < 4.78 is 28.9. The third kappa shape index (κ3) is 2.96. The van der Waals surface area contributed by atoms with Gasteiger partial charge in [0.1, 0.15) is 11.5 Å². The van der Waals surface area contributed by atoms with Gasteiger partial charge >= 0.3 is 11.8 Å². The van der Waals surface area contributed by atoms with Crippen LogP contribution in [0.3, 0.4) is 0 Å². The lowest BCUT2D eigenvalue weighted by Crippen LogP contribution is -1.84. The summed E-state index contributed by atoms with van der Waals surface area (Å²) in [5.74, 6) is 0.789. The monoisotopic (exact) mass is 204 g/mol. The van der Waals surface area contributed by atoms with Crippen LogP contribution in [-0.2, 0) is 9.47 Å². The molecule has 0 amide bonds. The van der Waals surface area contributed by atoms with Gasteiger partial charge in [-0.2, -0.15) is 4.39 Å². The van der Waals surface area contributed by atoms with Crippen molar-refractivity contribution < 1.29 is 22.7 Å². The highest BCUT2D eigenvalue weighted by atomic mass is 19.1. The Bertz CT molecular complexity index is 363. The van der Waals surface area contributed by atoms with Crippen molar-refractivity contribution in [2.45, 2.75) is 13.8 Å². The molecule has 6 heteroatoms. The number of halogens is 1. The fraction of sp³-hybridized carbons (Fsp3) is 0.375.